The number of alkyl halides is 1. The molecule has 1 unspecified atom stereocenters. The molecule has 0 saturated carbocycles. The van der Waals surface area contributed by atoms with Crippen LogP contribution in [-0.4, -0.2) is 14.5 Å². The molecule has 21 heavy (non-hydrogen) atoms. The van der Waals surface area contributed by atoms with Gasteiger partial charge in [-0.25, -0.2) is 4.98 Å². The molecule has 3 nitrogen and oxygen atoms in total. The number of rotatable bonds is 4. The number of halogens is 2. The van der Waals surface area contributed by atoms with E-state index in [0.29, 0.717) is 5.02 Å². The van der Waals surface area contributed by atoms with Crippen LogP contribution in [0.5, 0.6) is 0 Å². The summed E-state index contributed by atoms with van der Waals surface area (Å²) < 4.78 is 2.14. The maximum atomic E-state index is 6.27. The van der Waals surface area contributed by atoms with E-state index in [1.807, 2.05) is 37.4 Å². The van der Waals surface area contributed by atoms with E-state index in [0.717, 1.165) is 29.8 Å². The van der Waals surface area contributed by atoms with Gasteiger partial charge in [-0.15, -0.1) is 11.6 Å². The van der Waals surface area contributed by atoms with E-state index in [4.69, 9.17) is 23.2 Å². The SMILES string of the molecule is CC(Cl)c1nc2ccc(Cl)cc2n1CCc1cccnc1. The van der Waals surface area contributed by atoms with E-state index in [2.05, 4.69) is 20.6 Å². The van der Waals surface area contributed by atoms with Crippen molar-refractivity contribution >= 4 is 34.2 Å². The Bertz CT molecular complexity index is 751. The molecule has 1 atom stereocenters. The second-order valence-electron chi connectivity index (χ2n) is 4.98. The predicted octanol–water partition coefficient (Wildman–Crippen LogP) is 4.63. The number of fused-ring (bicyclic) bond motifs is 1. The molecule has 3 rings (SSSR count). The minimum Gasteiger partial charge on any atom is -0.326 e. The van der Waals surface area contributed by atoms with E-state index in [9.17, 15) is 0 Å². The third-order valence-corrected chi connectivity index (χ3v) is 3.87. The van der Waals surface area contributed by atoms with Crippen LogP contribution in [-0.2, 0) is 13.0 Å². The first-order valence-corrected chi connectivity index (χ1v) is 7.65. The molecular weight excluding hydrogens is 305 g/mol. The highest BCUT2D eigenvalue weighted by Crippen LogP contribution is 2.26. The molecule has 1 aromatic carbocycles. The molecule has 0 aliphatic rings. The first-order valence-electron chi connectivity index (χ1n) is 6.84. The number of aryl methyl sites for hydroxylation is 2. The van der Waals surface area contributed by atoms with Crippen LogP contribution >= 0.6 is 23.2 Å². The number of pyridine rings is 1. The van der Waals surface area contributed by atoms with Gasteiger partial charge in [-0.05, 0) is 43.2 Å². The van der Waals surface area contributed by atoms with E-state index in [-0.39, 0.29) is 5.38 Å². The van der Waals surface area contributed by atoms with E-state index in [1.54, 1.807) is 6.20 Å². The standard InChI is InChI=1S/C16H15Cl2N3/c1-11(17)16-20-14-5-4-13(18)9-15(14)21(16)8-6-12-3-2-7-19-10-12/h2-5,7,9-11H,6,8H2,1H3. The maximum Gasteiger partial charge on any atom is 0.127 e. The van der Waals surface area contributed by atoms with Crippen LogP contribution in [0.15, 0.2) is 42.7 Å². The van der Waals surface area contributed by atoms with Crippen LogP contribution in [0, 0.1) is 0 Å². The van der Waals surface area contributed by atoms with Gasteiger partial charge < -0.3 is 4.57 Å². The van der Waals surface area contributed by atoms with Gasteiger partial charge >= 0.3 is 0 Å². The Labute approximate surface area is 133 Å². The lowest BCUT2D eigenvalue weighted by Gasteiger charge is -2.10. The van der Waals surface area contributed by atoms with Crippen molar-refractivity contribution in [3.05, 3.63) is 59.1 Å². The summed E-state index contributed by atoms with van der Waals surface area (Å²) in [6.07, 6.45) is 4.54. The van der Waals surface area contributed by atoms with Crippen LogP contribution in [0.2, 0.25) is 5.02 Å². The van der Waals surface area contributed by atoms with Crippen molar-refractivity contribution in [2.24, 2.45) is 0 Å². The van der Waals surface area contributed by atoms with Gasteiger partial charge in [-0.2, -0.15) is 0 Å². The molecule has 0 fully saturated rings. The molecule has 2 heterocycles. The largest absolute Gasteiger partial charge is 0.326 e. The molecule has 0 bridgehead atoms. The van der Waals surface area contributed by atoms with Gasteiger partial charge in [0, 0.05) is 24.0 Å². The van der Waals surface area contributed by atoms with Crippen LogP contribution in [0.25, 0.3) is 11.0 Å². The second kappa shape index (κ2) is 6.04. The summed E-state index contributed by atoms with van der Waals surface area (Å²) in [7, 11) is 0. The quantitative estimate of drug-likeness (QED) is 0.656. The predicted molar refractivity (Wildman–Crippen MR) is 87.0 cm³/mol. The van der Waals surface area contributed by atoms with Gasteiger partial charge in [0.05, 0.1) is 16.4 Å². The van der Waals surface area contributed by atoms with Crippen LogP contribution in [0.3, 0.4) is 0 Å². The molecule has 2 aromatic heterocycles. The summed E-state index contributed by atoms with van der Waals surface area (Å²) in [6, 6.07) is 9.74. The molecule has 0 saturated heterocycles. The number of hydrogen-bond donors (Lipinski definition) is 0. The van der Waals surface area contributed by atoms with E-state index >= 15 is 0 Å². The monoisotopic (exact) mass is 319 g/mol. The number of imidazole rings is 1. The summed E-state index contributed by atoms with van der Waals surface area (Å²) in [5.41, 5.74) is 3.14. The summed E-state index contributed by atoms with van der Waals surface area (Å²) in [5, 5.41) is 0.559. The Morgan fingerprint density at radius 1 is 1.29 bits per heavy atom. The summed E-state index contributed by atoms with van der Waals surface area (Å²) in [5.74, 6) is 0.873. The number of benzene rings is 1. The van der Waals surface area contributed by atoms with Gasteiger partial charge in [0.25, 0.3) is 0 Å². The Hall–Kier alpha value is -1.58. The van der Waals surface area contributed by atoms with Gasteiger partial charge in [0.1, 0.15) is 5.82 Å². The lowest BCUT2D eigenvalue weighted by atomic mass is 10.2. The third kappa shape index (κ3) is 3.04. The zero-order valence-corrected chi connectivity index (χ0v) is 13.1. The zero-order valence-electron chi connectivity index (χ0n) is 11.6. The van der Waals surface area contributed by atoms with Crippen molar-refractivity contribution in [2.75, 3.05) is 0 Å². The van der Waals surface area contributed by atoms with E-state index < -0.39 is 0 Å². The summed E-state index contributed by atoms with van der Waals surface area (Å²) in [6.45, 7) is 2.74. The van der Waals surface area contributed by atoms with Crippen molar-refractivity contribution in [3.8, 4) is 0 Å². The van der Waals surface area contributed by atoms with Crippen molar-refractivity contribution in [2.45, 2.75) is 25.3 Å². The van der Waals surface area contributed by atoms with Crippen LogP contribution < -0.4 is 0 Å². The maximum absolute atomic E-state index is 6.27. The Morgan fingerprint density at radius 2 is 2.14 bits per heavy atom. The van der Waals surface area contributed by atoms with Crippen LogP contribution in [0.4, 0.5) is 0 Å². The Balaban J connectivity index is 1.98. The van der Waals surface area contributed by atoms with Crippen molar-refractivity contribution < 1.29 is 0 Å². The van der Waals surface area contributed by atoms with Crippen molar-refractivity contribution in [1.29, 1.82) is 0 Å². The fourth-order valence-corrected chi connectivity index (χ4v) is 2.77. The summed E-state index contributed by atoms with van der Waals surface area (Å²) >= 11 is 12.4. The van der Waals surface area contributed by atoms with Crippen molar-refractivity contribution in [1.82, 2.24) is 14.5 Å². The fraction of sp³-hybridized carbons (Fsp3) is 0.250. The Morgan fingerprint density at radius 3 is 2.86 bits per heavy atom. The van der Waals surface area contributed by atoms with Gasteiger partial charge in [-0.1, -0.05) is 17.7 Å². The summed E-state index contributed by atoms with van der Waals surface area (Å²) in [4.78, 5) is 8.77. The van der Waals surface area contributed by atoms with Gasteiger partial charge in [-0.3, -0.25) is 4.98 Å². The molecule has 0 N–H and O–H groups in total. The minimum atomic E-state index is -0.148. The van der Waals surface area contributed by atoms with E-state index in [1.165, 1.54) is 5.56 Å². The molecule has 0 aliphatic carbocycles. The molecule has 3 aromatic rings. The van der Waals surface area contributed by atoms with Crippen molar-refractivity contribution in [3.63, 3.8) is 0 Å². The zero-order chi connectivity index (χ0) is 14.8. The molecule has 108 valence electrons. The number of aromatic nitrogens is 3. The highest BCUT2D eigenvalue weighted by atomic mass is 35.5. The molecule has 0 radical (unpaired) electrons. The molecule has 5 heteroatoms. The van der Waals surface area contributed by atoms with Gasteiger partial charge in [0.2, 0.25) is 0 Å². The topological polar surface area (TPSA) is 30.7 Å². The molecule has 0 amide bonds. The normalized spacial score (nSPS) is 12.7. The average Bonchev–Trinajstić information content (AvgIpc) is 2.84. The first kappa shape index (κ1) is 14.4. The number of hydrogen-bond acceptors (Lipinski definition) is 2. The minimum absolute atomic E-state index is 0.148. The molecular formula is C16H15Cl2N3. The molecule has 0 aliphatic heterocycles. The number of nitrogens with zero attached hydrogens (tertiary/aromatic N) is 3. The highest BCUT2D eigenvalue weighted by molar-refractivity contribution is 6.31. The Kier molecular flexibility index (Phi) is 4.13. The first-order chi connectivity index (χ1) is 10.1. The second-order valence-corrected chi connectivity index (χ2v) is 6.07. The van der Waals surface area contributed by atoms with Gasteiger partial charge in [0.15, 0.2) is 0 Å². The lowest BCUT2D eigenvalue weighted by Crippen LogP contribution is -2.07. The highest BCUT2D eigenvalue weighted by Gasteiger charge is 2.15. The molecule has 0 spiro atoms. The smallest absolute Gasteiger partial charge is 0.127 e. The third-order valence-electron chi connectivity index (χ3n) is 3.44. The average molecular weight is 320 g/mol. The van der Waals surface area contributed by atoms with Crippen LogP contribution in [0.1, 0.15) is 23.7 Å². The fourth-order valence-electron chi connectivity index (χ4n) is 2.44. The lowest BCUT2D eigenvalue weighted by molar-refractivity contribution is 0.667.